The monoisotopic (exact) mass is 396 g/mol. The van der Waals surface area contributed by atoms with Crippen molar-refractivity contribution >= 4 is 0 Å². The fourth-order valence-corrected chi connectivity index (χ4v) is 3.41. The third-order valence-electron chi connectivity index (χ3n) is 5.04. The van der Waals surface area contributed by atoms with Gasteiger partial charge in [0, 0.05) is 0 Å². The molecule has 29 heavy (non-hydrogen) atoms. The predicted molar refractivity (Wildman–Crippen MR) is 114 cm³/mol. The average Bonchev–Trinajstić information content (AvgIpc) is 2.87. The number of rotatable bonds is 9. The molecule has 2 aromatic rings. The summed E-state index contributed by atoms with van der Waals surface area (Å²) in [6.07, 6.45) is 7.02. The summed E-state index contributed by atoms with van der Waals surface area (Å²) >= 11 is 0. The fraction of sp³-hybridized carbons (Fsp3) is 0.440. The first-order valence-electron chi connectivity index (χ1n) is 10.5. The van der Waals surface area contributed by atoms with E-state index in [4.69, 9.17) is 14.2 Å². The van der Waals surface area contributed by atoms with Crippen molar-refractivity contribution in [2.75, 3.05) is 13.2 Å². The molecule has 0 aliphatic carbocycles. The van der Waals surface area contributed by atoms with Crippen molar-refractivity contribution in [2.24, 2.45) is 0 Å². The lowest BCUT2D eigenvalue weighted by molar-refractivity contribution is -0.121. The molecule has 0 spiro atoms. The Hall–Kier alpha value is -1.98. The summed E-state index contributed by atoms with van der Waals surface area (Å²) in [6.45, 7) is 1.85. The molecule has 4 nitrogen and oxygen atoms in total. The van der Waals surface area contributed by atoms with Crippen LogP contribution >= 0.6 is 0 Å². The Bertz CT molecular complexity index is 701. The SMILES string of the molecule is O[C@H](COCc1ccccc1)[C@@H]1C/C=C\CCC[C@@H](COCc2ccccc2)O1. The molecule has 4 heteroatoms. The summed E-state index contributed by atoms with van der Waals surface area (Å²) in [5.41, 5.74) is 2.25. The number of benzene rings is 2. The summed E-state index contributed by atoms with van der Waals surface area (Å²) in [5, 5.41) is 10.7. The molecule has 2 aromatic carbocycles. The zero-order valence-corrected chi connectivity index (χ0v) is 17.0. The van der Waals surface area contributed by atoms with Crippen molar-refractivity contribution < 1.29 is 19.3 Å². The van der Waals surface area contributed by atoms with Gasteiger partial charge in [-0.15, -0.1) is 0 Å². The van der Waals surface area contributed by atoms with Crippen LogP contribution in [0.2, 0.25) is 0 Å². The van der Waals surface area contributed by atoms with Crippen molar-refractivity contribution in [3.05, 3.63) is 83.9 Å². The van der Waals surface area contributed by atoms with E-state index in [1.165, 1.54) is 0 Å². The van der Waals surface area contributed by atoms with E-state index in [-0.39, 0.29) is 18.8 Å². The average molecular weight is 397 g/mol. The van der Waals surface area contributed by atoms with Gasteiger partial charge < -0.3 is 19.3 Å². The topological polar surface area (TPSA) is 47.9 Å². The zero-order chi connectivity index (χ0) is 20.2. The summed E-state index contributed by atoms with van der Waals surface area (Å²) in [7, 11) is 0. The molecule has 0 aromatic heterocycles. The van der Waals surface area contributed by atoms with Gasteiger partial charge in [-0.1, -0.05) is 72.8 Å². The van der Waals surface area contributed by atoms with Gasteiger partial charge in [-0.2, -0.15) is 0 Å². The molecule has 0 unspecified atom stereocenters. The van der Waals surface area contributed by atoms with Crippen LogP contribution in [0.3, 0.4) is 0 Å². The van der Waals surface area contributed by atoms with Crippen LogP contribution in [0.25, 0.3) is 0 Å². The molecule has 3 atom stereocenters. The van der Waals surface area contributed by atoms with Crippen LogP contribution in [0, 0.1) is 0 Å². The molecule has 1 heterocycles. The van der Waals surface area contributed by atoms with Crippen LogP contribution in [-0.2, 0) is 27.4 Å². The van der Waals surface area contributed by atoms with Crippen molar-refractivity contribution in [3.8, 4) is 0 Å². The first kappa shape index (κ1) is 21.7. The highest BCUT2D eigenvalue weighted by atomic mass is 16.5. The van der Waals surface area contributed by atoms with Gasteiger partial charge in [0.1, 0.15) is 6.10 Å². The van der Waals surface area contributed by atoms with Crippen LogP contribution in [0.1, 0.15) is 36.8 Å². The molecule has 1 N–H and O–H groups in total. The van der Waals surface area contributed by atoms with Crippen molar-refractivity contribution in [1.29, 1.82) is 0 Å². The van der Waals surface area contributed by atoms with E-state index in [0.29, 0.717) is 26.2 Å². The first-order chi connectivity index (χ1) is 14.3. The van der Waals surface area contributed by atoms with Crippen molar-refractivity contribution in [3.63, 3.8) is 0 Å². The minimum atomic E-state index is -0.668. The molecular weight excluding hydrogens is 364 g/mol. The maximum atomic E-state index is 10.7. The number of hydrogen-bond donors (Lipinski definition) is 1. The molecule has 3 rings (SSSR count). The first-order valence-corrected chi connectivity index (χ1v) is 10.5. The van der Waals surface area contributed by atoms with E-state index in [2.05, 4.69) is 24.3 Å². The van der Waals surface area contributed by atoms with Crippen LogP contribution < -0.4 is 0 Å². The molecular formula is C25H32O4. The number of aliphatic hydroxyl groups is 1. The number of hydrogen-bond acceptors (Lipinski definition) is 4. The highest BCUT2D eigenvalue weighted by molar-refractivity contribution is 5.14. The van der Waals surface area contributed by atoms with E-state index in [1.54, 1.807) is 0 Å². The van der Waals surface area contributed by atoms with Crippen LogP contribution in [-0.4, -0.2) is 36.6 Å². The lowest BCUT2D eigenvalue weighted by Gasteiger charge is -2.27. The highest BCUT2D eigenvalue weighted by Gasteiger charge is 2.24. The maximum Gasteiger partial charge on any atom is 0.104 e. The summed E-state index contributed by atoms with van der Waals surface area (Å²) < 4.78 is 17.9. The second kappa shape index (κ2) is 12.6. The van der Waals surface area contributed by atoms with Crippen molar-refractivity contribution in [2.45, 2.75) is 57.2 Å². The maximum absolute atomic E-state index is 10.7. The third kappa shape index (κ3) is 8.11. The van der Waals surface area contributed by atoms with Crippen LogP contribution in [0.5, 0.6) is 0 Å². The molecule has 0 fully saturated rings. The van der Waals surface area contributed by atoms with E-state index in [9.17, 15) is 5.11 Å². The molecule has 1 aliphatic heterocycles. The second-order valence-electron chi connectivity index (χ2n) is 7.50. The second-order valence-corrected chi connectivity index (χ2v) is 7.50. The summed E-state index contributed by atoms with van der Waals surface area (Å²) in [5.74, 6) is 0. The lowest BCUT2D eigenvalue weighted by atomic mass is 10.1. The van der Waals surface area contributed by atoms with Gasteiger partial charge in [0.05, 0.1) is 38.6 Å². The van der Waals surface area contributed by atoms with Gasteiger partial charge in [0.2, 0.25) is 0 Å². The minimum absolute atomic E-state index is 0.0209. The Morgan fingerprint density at radius 3 is 2.24 bits per heavy atom. The molecule has 0 radical (unpaired) electrons. The van der Waals surface area contributed by atoms with Gasteiger partial charge >= 0.3 is 0 Å². The normalized spacial score (nSPS) is 22.2. The van der Waals surface area contributed by atoms with Gasteiger partial charge in [-0.25, -0.2) is 0 Å². The lowest BCUT2D eigenvalue weighted by Crippen LogP contribution is -2.37. The van der Waals surface area contributed by atoms with Gasteiger partial charge in [-0.3, -0.25) is 0 Å². The Labute approximate surface area is 174 Å². The molecule has 0 bridgehead atoms. The zero-order valence-electron chi connectivity index (χ0n) is 17.0. The Balaban J connectivity index is 1.47. The summed E-state index contributed by atoms with van der Waals surface area (Å²) in [6, 6.07) is 20.2. The van der Waals surface area contributed by atoms with Crippen LogP contribution in [0.4, 0.5) is 0 Å². The van der Waals surface area contributed by atoms with E-state index in [1.807, 2.05) is 48.5 Å². The summed E-state index contributed by atoms with van der Waals surface area (Å²) in [4.78, 5) is 0. The van der Waals surface area contributed by atoms with Crippen LogP contribution in [0.15, 0.2) is 72.8 Å². The Morgan fingerprint density at radius 1 is 0.897 bits per heavy atom. The molecule has 0 saturated heterocycles. The Morgan fingerprint density at radius 2 is 1.55 bits per heavy atom. The molecule has 0 saturated carbocycles. The minimum Gasteiger partial charge on any atom is -0.388 e. The predicted octanol–water partition coefficient (Wildman–Crippen LogP) is 4.66. The molecule has 0 amide bonds. The number of ether oxygens (including phenoxy) is 3. The van der Waals surface area contributed by atoms with Gasteiger partial charge in [0.25, 0.3) is 0 Å². The smallest absolute Gasteiger partial charge is 0.104 e. The highest BCUT2D eigenvalue weighted by Crippen LogP contribution is 2.18. The third-order valence-corrected chi connectivity index (χ3v) is 5.04. The molecule has 1 aliphatic rings. The largest absolute Gasteiger partial charge is 0.388 e. The number of allylic oxidation sites excluding steroid dienone is 1. The Kier molecular flexibility index (Phi) is 9.40. The van der Waals surface area contributed by atoms with E-state index < -0.39 is 6.10 Å². The van der Waals surface area contributed by atoms with E-state index >= 15 is 0 Å². The number of aliphatic hydroxyl groups excluding tert-OH is 1. The standard InChI is InChI=1S/C25H32O4/c26-24(20-28-18-22-13-7-4-8-14-22)25-16-10-2-1-9-15-23(29-25)19-27-17-21-11-5-3-6-12-21/h2-8,10-14,23-26H,1,9,15-20H2/b10-2-/t23-,24+,25-/m0/s1. The quantitative estimate of drug-likeness (QED) is 0.626. The van der Waals surface area contributed by atoms with E-state index in [0.717, 1.165) is 30.4 Å². The fourth-order valence-electron chi connectivity index (χ4n) is 3.41. The van der Waals surface area contributed by atoms with Crippen molar-refractivity contribution in [1.82, 2.24) is 0 Å². The van der Waals surface area contributed by atoms with Gasteiger partial charge in [0.15, 0.2) is 0 Å². The van der Waals surface area contributed by atoms with Gasteiger partial charge in [-0.05, 0) is 36.8 Å². The molecule has 156 valence electrons.